The number of carboxylic acids is 2. The number of benzene rings is 3. The molecule has 0 spiro atoms. The molecule has 4 unspecified atom stereocenters. The van der Waals surface area contributed by atoms with Gasteiger partial charge in [0, 0.05) is 125 Å². The number of primary amides is 1. The van der Waals surface area contributed by atoms with Gasteiger partial charge in [-0.15, -0.1) is 0 Å². The third-order valence-electron chi connectivity index (χ3n) is 21.6. The number of urea groups is 1. The van der Waals surface area contributed by atoms with Crippen molar-refractivity contribution in [2.45, 2.75) is 169 Å². The summed E-state index contributed by atoms with van der Waals surface area (Å²) >= 11 is 1.39. The first kappa shape index (κ1) is 83.6. The zero-order valence-corrected chi connectivity index (χ0v) is 65.5. The molecule has 2 aliphatic carbocycles. The molecular weight excluding hydrogens is 1470 g/mol. The minimum Gasteiger partial charge on any atom is -0.481 e. The molecular formula is C80H102N12O17S2. The highest BCUT2D eigenvalue weighted by Gasteiger charge is 2.56. The van der Waals surface area contributed by atoms with Gasteiger partial charge in [-0.3, -0.25) is 57.9 Å². The number of ketones is 2. The van der Waals surface area contributed by atoms with E-state index >= 15 is 0 Å². The number of anilines is 2. The quantitative estimate of drug-likeness (QED) is 0.0107. The van der Waals surface area contributed by atoms with Crippen molar-refractivity contribution in [1.29, 1.82) is 0 Å². The lowest BCUT2D eigenvalue weighted by atomic mass is 9.51. The highest BCUT2D eigenvalue weighted by molar-refractivity contribution is 7.85. The highest BCUT2D eigenvalue weighted by Crippen LogP contribution is 2.60. The number of thiazole rings is 1. The number of aromatic carboxylic acids is 1. The molecule has 3 aromatic heterocycles. The number of carbonyl (C=O) groups is 10. The number of nitrogens with two attached hydrogens (primary N) is 1. The van der Waals surface area contributed by atoms with Gasteiger partial charge >= 0.3 is 24.1 Å². The molecule has 31 heteroatoms. The van der Waals surface area contributed by atoms with E-state index in [2.05, 4.69) is 41.7 Å². The predicted octanol–water partition coefficient (Wildman–Crippen LogP) is 9.82. The molecule has 5 heterocycles. The number of imide groups is 1. The van der Waals surface area contributed by atoms with Crippen molar-refractivity contribution in [3.05, 3.63) is 136 Å². The van der Waals surface area contributed by atoms with E-state index in [1.54, 1.807) is 47.5 Å². The number of aromatic nitrogens is 4. The summed E-state index contributed by atoms with van der Waals surface area (Å²) in [5.41, 5.74) is 10.0. The Labute approximate surface area is 650 Å². The first-order valence-electron chi connectivity index (χ1n) is 38.0. The number of amides is 7. The molecule has 111 heavy (non-hydrogen) atoms. The minimum absolute atomic E-state index is 0.0483. The molecule has 596 valence electrons. The molecule has 2 saturated carbocycles. The van der Waals surface area contributed by atoms with Gasteiger partial charge in [-0.05, 0) is 146 Å². The first-order chi connectivity index (χ1) is 52.7. The zero-order valence-electron chi connectivity index (χ0n) is 63.9. The smallest absolute Gasteiger partial charge is 0.410 e. The van der Waals surface area contributed by atoms with Crippen LogP contribution in [-0.4, -0.2) is 193 Å². The number of hydrogen-bond acceptors (Lipinski definition) is 20. The number of nitrogens with zero attached hydrogens (tertiary/aromatic N) is 8. The molecule has 0 radical (unpaired) electrons. The number of pyridine rings is 1. The first-order valence-corrected chi connectivity index (χ1v) is 40.4. The average molecular weight is 1570 g/mol. The van der Waals surface area contributed by atoms with Crippen LogP contribution in [-0.2, 0) is 80.9 Å². The molecule has 3 aromatic carbocycles. The number of hydrogen-bond donors (Lipinski definition) is 7. The number of ether oxygens (including phenoxy) is 2. The maximum Gasteiger partial charge on any atom is 0.410 e. The summed E-state index contributed by atoms with van der Waals surface area (Å²) in [4.78, 5) is 145. The van der Waals surface area contributed by atoms with Crippen LogP contribution < -0.4 is 26.6 Å². The average Bonchev–Trinajstić information content (AvgIpc) is 1.44. The van der Waals surface area contributed by atoms with Gasteiger partial charge in [-0.1, -0.05) is 101 Å². The second-order valence-electron chi connectivity index (χ2n) is 31.3. The Balaban J connectivity index is 0.741. The second kappa shape index (κ2) is 37.0. The van der Waals surface area contributed by atoms with Crippen molar-refractivity contribution in [2.24, 2.45) is 34.3 Å². The number of nitrogens with one attached hydrogen (secondary N) is 3. The zero-order chi connectivity index (χ0) is 80.0. The summed E-state index contributed by atoms with van der Waals surface area (Å²) in [6.07, 6.45) is 9.46. The summed E-state index contributed by atoms with van der Waals surface area (Å²) in [7, 11) is -4.45. The molecule has 10 rings (SSSR count). The normalized spacial score (nSPS) is 19.4. The topological polar surface area (TPSA) is 403 Å². The van der Waals surface area contributed by atoms with Crippen LogP contribution in [0.15, 0.2) is 97.2 Å². The third-order valence-corrected chi connectivity index (χ3v) is 23.2. The number of unbranched alkanes of at least 4 members (excludes halogenated alkanes) is 2. The van der Waals surface area contributed by atoms with Crippen LogP contribution in [0.25, 0.3) is 21.3 Å². The lowest BCUT2D eigenvalue weighted by Gasteiger charge is -2.59. The molecule has 29 nitrogen and oxygen atoms in total. The van der Waals surface area contributed by atoms with Crippen LogP contribution in [0.2, 0.25) is 0 Å². The van der Waals surface area contributed by atoms with Crippen molar-refractivity contribution in [3.8, 4) is 11.1 Å². The number of carboxylic acid groups (broad SMARTS) is 2. The molecule has 2 bridgehead atoms. The fourth-order valence-corrected chi connectivity index (χ4v) is 18.1. The van der Waals surface area contributed by atoms with Crippen molar-refractivity contribution in [3.63, 3.8) is 0 Å². The fourth-order valence-electron chi connectivity index (χ4n) is 16.8. The van der Waals surface area contributed by atoms with Crippen molar-refractivity contribution in [1.82, 2.24) is 45.1 Å². The van der Waals surface area contributed by atoms with E-state index in [0.29, 0.717) is 96.4 Å². The Bertz CT molecular complexity index is 4530. The molecule has 4 aliphatic rings. The number of carbonyl (C=O) groups excluding carboxylic acids is 8. The SMILES string of the molecule is Cc1c(-c2ccc(N3CCc4cccc(C(=O)Nc5nc6ccccc6s5)c4C3)nc2C(=O)O)cnn1CC1(C)CC2(C)CC(C)CC(OCCN(CCN(CCC(=O)O)C(=O)OCc3ccc(CC(=O)[C@H](CCCNC(N)=O)NC(=O)[C@@H](CC(=O)CCCCCN4C(=O)C=CC4=O)C(C)C)cc3)CCS(=O)(=O)O)(C2)C1. The molecule has 8 N–H and O–H groups in total. The number of para-hydroxylation sites is 1. The van der Waals surface area contributed by atoms with Gasteiger partial charge in [0.25, 0.3) is 27.8 Å². The molecule has 2 aliphatic heterocycles. The van der Waals surface area contributed by atoms with Crippen molar-refractivity contribution >= 4 is 102 Å². The maximum atomic E-state index is 14.0. The fraction of sp³-hybridized carbons (Fsp3) is 0.512. The summed E-state index contributed by atoms with van der Waals surface area (Å²) in [5, 5.41) is 34.2. The van der Waals surface area contributed by atoms with E-state index in [1.807, 2.05) is 72.8 Å². The van der Waals surface area contributed by atoms with Gasteiger partial charge in [0.05, 0.1) is 46.8 Å². The standard InChI is InChI=1S/C80H102N12O17S2/c1-51(2)60(41-57(93)15-8-7-11-31-91-68(95)26-27-69(91)96)73(100)84-63(18-13-30-82-75(81)103)65(94)40-54-20-22-55(23-21-54)46-108-77(104)89(33-29-70(97)98)35-34-88(37-39-111(105,106)107)36-38-109-80-43-52(3)42-78(5,48-80)47-79(6,49-80)50-92-53(4)61(44-83-92)58-24-25-67(86-71(58)74(101)102)90-32-28-56-14-12-16-59(62(56)45-90)72(99)87-76-85-64-17-9-10-19-66(64)110-76/h9-10,12,14,16-17,19-27,44,51-52,60,63H,7-8,11,13,15,18,28-43,45-50H2,1-6H3,(H,84,100)(H,97,98)(H,101,102)(H3,81,82,103)(H,85,87,99)(H,105,106,107)/t52?,60-,63-,78?,79?,80?/m0/s1. The van der Waals surface area contributed by atoms with Gasteiger partial charge in [0.2, 0.25) is 5.91 Å². The van der Waals surface area contributed by atoms with Crippen molar-refractivity contribution in [2.75, 3.05) is 74.9 Å². The highest BCUT2D eigenvalue weighted by atomic mass is 32.2. The third kappa shape index (κ3) is 22.9. The summed E-state index contributed by atoms with van der Waals surface area (Å²) < 4.78 is 50.2. The maximum absolute atomic E-state index is 14.0. The second-order valence-corrected chi connectivity index (χ2v) is 33.9. The number of fused-ring (bicyclic) bond motifs is 4. The van der Waals surface area contributed by atoms with Crippen LogP contribution in [0.3, 0.4) is 0 Å². The van der Waals surface area contributed by atoms with Gasteiger partial charge in [-0.25, -0.2) is 24.4 Å². The summed E-state index contributed by atoms with van der Waals surface area (Å²) in [6.45, 7) is 13.7. The summed E-state index contributed by atoms with van der Waals surface area (Å²) in [6, 6.07) is 21.8. The number of aliphatic carboxylic acids is 1. The largest absolute Gasteiger partial charge is 0.481 e. The van der Waals surface area contributed by atoms with E-state index in [4.69, 9.17) is 25.3 Å². The van der Waals surface area contributed by atoms with Gasteiger partial charge < -0.3 is 45.9 Å². The Morgan fingerprint density at radius 1 is 0.820 bits per heavy atom. The Morgan fingerprint density at radius 2 is 1.57 bits per heavy atom. The molecule has 0 saturated heterocycles. The molecule has 7 amide bonds. The van der Waals surface area contributed by atoms with Crippen LogP contribution in [0, 0.1) is 35.5 Å². The van der Waals surface area contributed by atoms with Crippen molar-refractivity contribution < 1.29 is 80.6 Å². The number of Topliss-reactive ketones (excluding diaryl/α,β-unsaturated/α-hetero) is 2. The summed E-state index contributed by atoms with van der Waals surface area (Å²) in [5.74, 6) is -5.25. The predicted molar refractivity (Wildman–Crippen MR) is 416 cm³/mol. The van der Waals surface area contributed by atoms with E-state index < -0.39 is 69.8 Å². The lowest BCUT2D eigenvalue weighted by molar-refractivity contribution is -0.179. The Hall–Kier alpha value is -9.82. The van der Waals surface area contributed by atoms with Crippen LogP contribution in [0.5, 0.6) is 0 Å². The van der Waals surface area contributed by atoms with Gasteiger partial charge in [-0.2, -0.15) is 13.5 Å². The number of rotatable bonds is 40. The van der Waals surface area contributed by atoms with E-state index in [9.17, 15) is 71.1 Å². The van der Waals surface area contributed by atoms with Gasteiger partial charge in [0.1, 0.15) is 18.2 Å². The van der Waals surface area contributed by atoms with Crippen LogP contribution in [0.4, 0.5) is 20.5 Å². The minimum atomic E-state index is -4.45. The Kier molecular flexibility index (Phi) is 27.9. The van der Waals surface area contributed by atoms with E-state index in [1.165, 1.54) is 28.4 Å². The molecule has 6 atom stereocenters. The van der Waals surface area contributed by atoms with E-state index in [-0.39, 0.29) is 143 Å². The Morgan fingerprint density at radius 3 is 2.28 bits per heavy atom. The van der Waals surface area contributed by atoms with Gasteiger partial charge in [0.15, 0.2) is 16.6 Å². The monoisotopic (exact) mass is 1570 g/mol. The van der Waals surface area contributed by atoms with E-state index in [0.717, 1.165) is 57.6 Å². The molecule has 2 fully saturated rings. The lowest BCUT2D eigenvalue weighted by Crippen LogP contribution is -2.55. The van der Waals surface area contributed by atoms with Crippen LogP contribution in [0.1, 0.15) is 167 Å². The molecule has 6 aromatic rings. The van der Waals surface area contributed by atoms with Crippen LogP contribution >= 0.6 is 11.3 Å².